The number of non-ortho nitro benzene ring substituents is 1. The number of benzene rings is 2. The highest BCUT2D eigenvalue weighted by Crippen LogP contribution is 2.14. The van der Waals surface area contributed by atoms with Gasteiger partial charge in [-0.2, -0.15) is 0 Å². The van der Waals surface area contributed by atoms with Crippen LogP contribution < -0.4 is 0 Å². The standard InChI is InChI=1S/C20H20N2O5/c1-2-21(14-17-7-4-3-5-8-17)19(23)15-27-20(24)12-11-16-9-6-10-18(13-16)22(25)26/h3-13H,2,14-15H2,1H3/b12-11+. The molecule has 140 valence electrons. The number of rotatable bonds is 8. The van der Waals surface area contributed by atoms with Crippen LogP contribution in [0.3, 0.4) is 0 Å². The first-order valence-electron chi connectivity index (χ1n) is 8.40. The quantitative estimate of drug-likeness (QED) is 0.309. The van der Waals surface area contributed by atoms with Crippen molar-refractivity contribution in [2.45, 2.75) is 13.5 Å². The number of carbonyl (C=O) groups is 2. The zero-order chi connectivity index (χ0) is 19.6. The van der Waals surface area contributed by atoms with E-state index in [0.717, 1.165) is 11.6 Å². The largest absolute Gasteiger partial charge is 0.452 e. The van der Waals surface area contributed by atoms with E-state index >= 15 is 0 Å². The van der Waals surface area contributed by atoms with Gasteiger partial charge in [-0.25, -0.2) is 4.79 Å². The minimum atomic E-state index is -0.689. The minimum absolute atomic E-state index is 0.0693. The highest BCUT2D eigenvalue weighted by atomic mass is 16.6. The summed E-state index contributed by atoms with van der Waals surface area (Å²) in [6, 6.07) is 15.4. The van der Waals surface area contributed by atoms with Gasteiger partial charge in [0.1, 0.15) is 0 Å². The highest BCUT2D eigenvalue weighted by molar-refractivity contribution is 5.89. The number of hydrogen-bond acceptors (Lipinski definition) is 5. The Labute approximate surface area is 157 Å². The summed E-state index contributed by atoms with van der Waals surface area (Å²) >= 11 is 0. The second-order valence-electron chi connectivity index (χ2n) is 5.69. The molecule has 0 saturated carbocycles. The smallest absolute Gasteiger partial charge is 0.331 e. The van der Waals surface area contributed by atoms with Gasteiger partial charge in [-0.05, 0) is 24.1 Å². The van der Waals surface area contributed by atoms with Crippen LogP contribution in [0.1, 0.15) is 18.1 Å². The summed E-state index contributed by atoms with van der Waals surface area (Å²) in [4.78, 5) is 35.8. The lowest BCUT2D eigenvalue weighted by atomic mass is 10.2. The molecule has 0 atom stereocenters. The average molecular weight is 368 g/mol. The van der Waals surface area contributed by atoms with Crippen molar-refractivity contribution in [1.82, 2.24) is 4.90 Å². The maximum absolute atomic E-state index is 12.2. The van der Waals surface area contributed by atoms with Crippen molar-refractivity contribution in [3.8, 4) is 0 Å². The number of amides is 1. The molecule has 0 aliphatic carbocycles. The molecule has 0 aromatic heterocycles. The molecular weight excluding hydrogens is 348 g/mol. The lowest BCUT2D eigenvalue weighted by Gasteiger charge is -2.20. The molecule has 0 unspecified atom stereocenters. The molecule has 0 saturated heterocycles. The van der Waals surface area contributed by atoms with Gasteiger partial charge in [0.15, 0.2) is 6.61 Å². The number of nitro benzene ring substituents is 1. The van der Waals surface area contributed by atoms with Crippen molar-refractivity contribution < 1.29 is 19.2 Å². The van der Waals surface area contributed by atoms with Gasteiger partial charge in [0.25, 0.3) is 11.6 Å². The molecule has 0 aliphatic rings. The molecule has 27 heavy (non-hydrogen) atoms. The topological polar surface area (TPSA) is 89.8 Å². The van der Waals surface area contributed by atoms with Crippen LogP contribution in [0.15, 0.2) is 60.7 Å². The summed E-state index contributed by atoms with van der Waals surface area (Å²) in [5.41, 5.74) is 1.41. The van der Waals surface area contributed by atoms with Gasteiger partial charge in [-0.15, -0.1) is 0 Å². The van der Waals surface area contributed by atoms with E-state index in [1.165, 1.54) is 24.3 Å². The third-order valence-corrected chi connectivity index (χ3v) is 3.78. The first-order valence-corrected chi connectivity index (χ1v) is 8.40. The lowest BCUT2D eigenvalue weighted by Crippen LogP contribution is -2.33. The van der Waals surface area contributed by atoms with Gasteiger partial charge in [-0.3, -0.25) is 14.9 Å². The monoisotopic (exact) mass is 368 g/mol. The lowest BCUT2D eigenvalue weighted by molar-refractivity contribution is -0.384. The van der Waals surface area contributed by atoms with Crippen LogP contribution in [0.25, 0.3) is 6.08 Å². The van der Waals surface area contributed by atoms with Gasteiger partial charge < -0.3 is 9.64 Å². The summed E-state index contributed by atoms with van der Waals surface area (Å²) in [5.74, 6) is -0.982. The Balaban J connectivity index is 1.87. The number of esters is 1. The van der Waals surface area contributed by atoms with E-state index in [2.05, 4.69) is 0 Å². The predicted octanol–water partition coefficient (Wildman–Crippen LogP) is 3.20. The fraction of sp³-hybridized carbons (Fsp3) is 0.200. The molecule has 1 amide bonds. The SMILES string of the molecule is CCN(Cc1ccccc1)C(=O)COC(=O)/C=C/c1cccc([N+](=O)[O-])c1. The van der Waals surface area contributed by atoms with E-state index in [0.29, 0.717) is 18.7 Å². The van der Waals surface area contributed by atoms with Gasteiger partial charge in [-0.1, -0.05) is 42.5 Å². The fourth-order valence-electron chi connectivity index (χ4n) is 2.36. The van der Waals surface area contributed by atoms with Crippen molar-refractivity contribution in [2.75, 3.05) is 13.2 Å². The molecule has 7 nitrogen and oxygen atoms in total. The summed E-state index contributed by atoms with van der Waals surface area (Å²) in [5, 5.41) is 10.7. The number of ether oxygens (including phenoxy) is 1. The Morgan fingerprint density at radius 2 is 1.89 bits per heavy atom. The van der Waals surface area contributed by atoms with Crippen LogP contribution in [0, 0.1) is 10.1 Å². The van der Waals surface area contributed by atoms with Gasteiger partial charge in [0.2, 0.25) is 0 Å². The molecule has 2 aromatic carbocycles. The van der Waals surface area contributed by atoms with Crippen LogP contribution >= 0.6 is 0 Å². The van der Waals surface area contributed by atoms with Gasteiger partial charge in [0, 0.05) is 31.3 Å². The van der Waals surface area contributed by atoms with E-state index < -0.39 is 10.9 Å². The Morgan fingerprint density at radius 1 is 1.15 bits per heavy atom. The van der Waals surface area contributed by atoms with Crippen molar-refractivity contribution in [1.29, 1.82) is 0 Å². The Kier molecular flexibility index (Phi) is 7.25. The van der Waals surface area contributed by atoms with E-state index in [1.807, 2.05) is 37.3 Å². The number of hydrogen-bond donors (Lipinski definition) is 0. The van der Waals surface area contributed by atoms with Crippen molar-refractivity contribution in [3.63, 3.8) is 0 Å². The second-order valence-corrected chi connectivity index (χ2v) is 5.69. The summed E-state index contributed by atoms with van der Waals surface area (Å²) in [7, 11) is 0. The fourth-order valence-corrected chi connectivity index (χ4v) is 2.36. The molecule has 0 aliphatic heterocycles. The third-order valence-electron chi connectivity index (χ3n) is 3.78. The summed E-state index contributed by atoms with van der Waals surface area (Å²) in [6.45, 7) is 2.43. The number of nitro groups is 1. The molecule has 0 fully saturated rings. The average Bonchev–Trinajstić information content (AvgIpc) is 2.69. The number of nitrogens with zero attached hydrogens (tertiary/aromatic N) is 2. The van der Waals surface area contributed by atoms with E-state index in [-0.39, 0.29) is 18.2 Å². The van der Waals surface area contributed by atoms with Crippen molar-refractivity contribution in [2.24, 2.45) is 0 Å². The number of carbonyl (C=O) groups excluding carboxylic acids is 2. The molecular formula is C20H20N2O5. The maximum Gasteiger partial charge on any atom is 0.331 e. The van der Waals surface area contributed by atoms with E-state index in [1.54, 1.807) is 11.0 Å². The highest BCUT2D eigenvalue weighted by Gasteiger charge is 2.14. The van der Waals surface area contributed by atoms with E-state index in [4.69, 9.17) is 4.74 Å². The molecule has 2 rings (SSSR count). The van der Waals surface area contributed by atoms with Crippen molar-refractivity contribution in [3.05, 3.63) is 81.9 Å². The van der Waals surface area contributed by atoms with Crippen LogP contribution in [-0.2, 0) is 20.9 Å². The molecule has 0 N–H and O–H groups in total. The molecule has 0 radical (unpaired) electrons. The Morgan fingerprint density at radius 3 is 2.56 bits per heavy atom. The first kappa shape index (κ1) is 19.8. The molecule has 0 spiro atoms. The van der Waals surface area contributed by atoms with Crippen LogP contribution in [0.4, 0.5) is 5.69 Å². The van der Waals surface area contributed by atoms with Gasteiger partial charge >= 0.3 is 5.97 Å². The van der Waals surface area contributed by atoms with E-state index in [9.17, 15) is 19.7 Å². The summed E-state index contributed by atoms with van der Waals surface area (Å²) in [6.07, 6.45) is 2.54. The maximum atomic E-state index is 12.2. The van der Waals surface area contributed by atoms with Gasteiger partial charge in [0.05, 0.1) is 4.92 Å². The third kappa shape index (κ3) is 6.39. The molecule has 0 bridgehead atoms. The summed E-state index contributed by atoms with van der Waals surface area (Å²) < 4.78 is 4.97. The van der Waals surface area contributed by atoms with Crippen LogP contribution in [-0.4, -0.2) is 34.9 Å². The molecule has 0 heterocycles. The first-order chi connectivity index (χ1) is 13.0. The number of likely N-dealkylation sites (N-methyl/N-ethyl adjacent to an activating group) is 1. The predicted molar refractivity (Wildman–Crippen MR) is 101 cm³/mol. The molecule has 2 aromatic rings. The second kappa shape index (κ2) is 9.86. The Bertz CT molecular complexity index is 833. The van der Waals surface area contributed by atoms with Crippen molar-refractivity contribution >= 4 is 23.6 Å². The zero-order valence-electron chi connectivity index (χ0n) is 14.9. The zero-order valence-corrected chi connectivity index (χ0v) is 14.9. The van der Waals surface area contributed by atoms with Crippen LogP contribution in [0.2, 0.25) is 0 Å². The van der Waals surface area contributed by atoms with Crippen LogP contribution in [0.5, 0.6) is 0 Å². The minimum Gasteiger partial charge on any atom is -0.452 e. The normalized spacial score (nSPS) is 10.6. The Hall–Kier alpha value is -3.48. The molecule has 7 heteroatoms.